The van der Waals surface area contributed by atoms with Gasteiger partial charge in [0.2, 0.25) is 11.8 Å². The third-order valence-corrected chi connectivity index (χ3v) is 3.11. The van der Waals surface area contributed by atoms with Crippen LogP contribution in [0.5, 0.6) is 0 Å². The van der Waals surface area contributed by atoms with Gasteiger partial charge in [-0.05, 0) is 24.6 Å². The molecule has 1 unspecified atom stereocenters. The standard InChI is InChI=1S/C13H14F2N2O2/c1-2-11-13(19)17(12(18)6-16-11)7-8-5-9(14)3-4-10(8)15/h3-5,11,16H,2,6-7H2,1H3. The maximum Gasteiger partial charge on any atom is 0.246 e. The number of amides is 2. The Morgan fingerprint density at radius 2 is 2.11 bits per heavy atom. The molecule has 4 nitrogen and oxygen atoms in total. The van der Waals surface area contributed by atoms with Crippen molar-refractivity contribution in [1.82, 2.24) is 10.2 Å². The fourth-order valence-corrected chi connectivity index (χ4v) is 2.02. The number of carbonyl (C=O) groups is 2. The molecule has 1 atom stereocenters. The van der Waals surface area contributed by atoms with Crippen LogP contribution in [-0.4, -0.2) is 29.3 Å². The molecule has 1 heterocycles. The first-order valence-corrected chi connectivity index (χ1v) is 6.04. The van der Waals surface area contributed by atoms with Crippen LogP contribution in [0.4, 0.5) is 8.78 Å². The van der Waals surface area contributed by atoms with E-state index in [9.17, 15) is 18.4 Å². The van der Waals surface area contributed by atoms with Crippen molar-refractivity contribution < 1.29 is 18.4 Å². The molecule has 2 rings (SSSR count). The molecule has 0 saturated carbocycles. The molecule has 1 aliphatic rings. The molecule has 0 aliphatic carbocycles. The smallest absolute Gasteiger partial charge is 0.246 e. The van der Waals surface area contributed by atoms with E-state index in [0.717, 1.165) is 23.1 Å². The van der Waals surface area contributed by atoms with E-state index < -0.39 is 29.5 Å². The summed E-state index contributed by atoms with van der Waals surface area (Å²) in [5, 5.41) is 2.80. The molecule has 0 bridgehead atoms. The number of benzene rings is 1. The Morgan fingerprint density at radius 1 is 1.37 bits per heavy atom. The summed E-state index contributed by atoms with van der Waals surface area (Å²) in [5.74, 6) is -2.06. The molecule has 1 saturated heterocycles. The van der Waals surface area contributed by atoms with Crippen molar-refractivity contribution in [3.63, 3.8) is 0 Å². The summed E-state index contributed by atoms with van der Waals surface area (Å²) >= 11 is 0. The second kappa shape index (κ2) is 5.44. The minimum Gasteiger partial charge on any atom is -0.297 e. The van der Waals surface area contributed by atoms with Crippen molar-refractivity contribution in [2.24, 2.45) is 0 Å². The highest BCUT2D eigenvalue weighted by Crippen LogP contribution is 2.15. The minimum atomic E-state index is -0.631. The zero-order chi connectivity index (χ0) is 14.0. The molecule has 1 fully saturated rings. The first kappa shape index (κ1) is 13.6. The largest absolute Gasteiger partial charge is 0.297 e. The van der Waals surface area contributed by atoms with Gasteiger partial charge >= 0.3 is 0 Å². The van der Waals surface area contributed by atoms with Crippen molar-refractivity contribution in [2.75, 3.05) is 6.54 Å². The van der Waals surface area contributed by atoms with E-state index in [-0.39, 0.29) is 18.7 Å². The summed E-state index contributed by atoms with van der Waals surface area (Å²) in [5.41, 5.74) is -0.00143. The maximum atomic E-state index is 13.5. The van der Waals surface area contributed by atoms with Gasteiger partial charge in [-0.3, -0.25) is 19.8 Å². The fourth-order valence-electron chi connectivity index (χ4n) is 2.02. The van der Waals surface area contributed by atoms with Gasteiger partial charge in [-0.25, -0.2) is 8.78 Å². The lowest BCUT2D eigenvalue weighted by atomic mass is 10.1. The molecule has 1 aromatic carbocycles. The van der Waals surface area contributed by atoms with Crippen LogP contribution >= 0.6 is 0 Å². The van der Waals surface area contributed by atoms with Gasteiger partial charge in [-0.2, -0.15) is 0 Å². The molecule has 2 amide bonds. The van der Waals surface area contributed by atoms with Crippen LogP contribution in [0.25, 0.3) is 0 Å². The summed E-state index contributed by atoms with van der Waals surface area (Å²) in [6.45, 7) is 1.60. The highest BCUT2D eigenvalue weighted by atomic mass is 19.1. The lowest BCUT2D eigenvalue weighted by molar-refractivity contribution is -0.150. The van der Waals surface area contributed by atoms with Gasteiger partial charge in [0.05, 0.1) is 19.1 Å². The van der Waals surface area contributed by atoms with Gasteiger partial charge in [0, 0.05) is 5.56 Å². The Balaban J connectivity index is 2.22. The molecule has 0 aromatic heterocycles. The molecule has 6 heteroatoms. The number of halogens is 2. The van der Waals surface area contributed by atoms with E-state index in [4.69, 9.17) is 0 Å². The van der Waals surface area contributed by atoms with E-state index in [1.807, 2.05) is 6.92 Å². The van der Waals surface area contributed by atoms with Crippen LogP contribution in [0.15, 0.2) is 18.2 Å². The van der Waals surface area contributed by atoms with Crippen LogP contribution in [0, 0.1) is 11.6 Å². The predicted octanol–water partition coefficient (Wildman–Crippen LogP) is 1.20. The molecule has 1 aliphatic heterocycles. The zero-order valence-corrected chi connectivity index (χ0v) is 10.5. The van der Waals surface area contributed by atoms with Gasteiger partial charge in [0.25, 0.3) is 0 Å². The van der Waals surface area contributed by atoms with Crippen LogP contribution in [-0.2, 0) is 16.1 Å². The third-order valence-electron chi connectivity index (χ3n) is 3.11. The van der Waals surface area contributed by atoms with Crippen LogP contribution < -0.4 is 5.32 Å². The summed E-state index contributed by atoms with van der Waals surface area (Å²) in [4.78, 5) is 24.7. The quantitative estimate of drug-likeness (QED) is 0.838. The van der Waals surface area contributed by atoms with Crippen molar-refractivity contribution in [3.8, 4) is 0 Å². The van der Waals surface area contributed by atoms with E-state index in [1.54, 1.807) is 0 Å². The molecule has 102 valence electrons. The van der Waals surface area contributed by atoms with Gasteiger partial charge in [-0.1, -0.05) is 6.92 Å². The van der Waals surface area contributed by atoms with Gasteiger partial charge < -0.3 is 0 Å². The highest BCUT2D eigenvalue weighted by Gasteiger charge is 2.33. The van der Waals surface area contributed by atoms with Gasteiger partial charge in [-0.15, -0.1) is 0 Å². The highest BCUT2D eigenvalue weighted by molar-refractivity contribution is 6.01. The van der Waals surface area contributed by atoms with E-state index in [0.29, 0.717) is 6.42 Å². The van der Waals surface area contributed by atoms with Crippen molar-refractivity contribution in [3.05, 3.63) is 35.4 Å². The molecule has 1 N–H and O–H groups in total. The topological polar surface area (TPSA) is 49.4 Å². The molecule has 19 heavy (non-hydrogen) atoms. The molecular weight excluding hydrogens is 254 g/mol. The average molecular weight is 268 g/mol. The fraction of sp³-hybridized carbons (Fsp3) is 0.385. The minimum absolute atomic E-state index is 0.00143. The van der Waals surface area contributed by atoms with E-state index >= 15 is 0 Å². The Hall–Kier alpha value is -1.82. The van der Waals surface area contributed by atoms with Crippen molar-refractivity contribution in [2.45, 2.75) is 25.9 Å². The van der Waals surface area contributed by atoms with Crippen molar-refractivity contribution in [1.29, 1.82) is 0 Å². The number of rotatable bonds is 3. The predicted molar refractivity (Wildman–Crippen MR) is 64.0 cm³/mol. The number of hydrogen-bond acceptors (Lipinski definition) is 3. The molecule has 0 radical (unpaired) electrons. The zero-order valence-electron chi connectivity index (χ0n) is 10.5. The lowest BCUT2D eigenvalue weighted by Crippen LogP contribution is -2.57. The first-order valence-electron chi connectivity index (χ1n) is 6.04. The summed E-state index contributed by atoms with van der Waals surface area (Å²) in [7, 11) is 0. The van der Waals surface area contributed by atoms with Crippen LogP contribution in [0.2, 0.25) is 0 Å². The number of hydrogen-bond donors (Lipinski definition) is 1. The van der Waals surface area contributed by atoms with Crippen LogP contribution in [0.1, 0.15) is 18.9 Å². The summed E-state index contributed by atoms with van der Waals surface area (Å²) in [6.07, 6.45) is 0.536. The number of nitrogens with one attached hydrogen (secondary N) is 1. The van der Waals surface area contributed by atoms with Gasteiger partial charge in [0.1, 0.15) is 11.6 Å². The Labute approximate surface area is 109 Å². The number of nitrogens with zero attached hydrogens (tertiary/aromatic N) is 1. The number of imide groups is 1. The Kier molecular flexibility index (Phi) is 3.90. The van der Waals surface area contributed by atoms with E-state index in [2.05, 4.69) is 5.32 Å². The third kappa shape index (κ3) is 2.78. The van der Waals surface area contributed by atoms with Crippen LogP contribution in [0.3, 0.4) is 0 Å². The number of carbonyl (C=O) groups excluding carboxylic acids is 2. The number of piperazine rings is 1. The monoisotopic (exact) mass is 268 g/mol. The molecule has 1 aromatic rings. The normalized spacial score (nSPS) is 19.9. The summed E-state index contributed by atoms with van der Waals surface area (Å²) < 4.78 is 26.6. The molecular formula is C13H14F2N2O2. The maximum absolute atomic E-state index is 13.5. The Morgan fingerprint density at radius 3 is 2.79 bits per heavy atom. The second-order valence-electron chi connectivity index (χ2n) is 4.40. The summed E-state index contributed by atoms with van der Waals surface area (Å²) in [6, 6.07) is 2.53. The first-order chi connectivity index (χ1) is 9.02. The van der Waals surface area contributed by atoms with E-state index in [1.165, 1.54) is 0 Å². The lowest BCUT2D eigenvalue weighted by Gasteiger charge is -2.31. The second-order valence-corrected chi connectivity index (χ2v) is 4.40. The Bertz CT molecular complexity index is 519. The average Bonchev–Trinajstić information content (AvgIpc) is 2.38. The molecule has 0 spiro atoms. The van der Waals surface area contributed by atoms with Crippen molar-refractivity contribution >= 4 is 11.8 Å². The van der Waals surface area contributed by atoms with Gasteiger partial charge in [0.15, 0.2) is 0 Å². The SMILES string of the molecule is CCC1NCC(=O)N(Cc2cc(F)ccc2F)C1=O.